The number of amides is 1. The second-order valence-corrected chi connectivity index (χ2v) is 6.38. The van der Waals surface area contributed by atoms with Gasteiger partial charge in [0.05, 0.1) is 17.1 Å². The van der Waals surface area contributed by atoms with Crippen LogP contribution in [0.25, 0.3) is 0 Å². The summed E-state index contributed by atoms with van der Waals surface area (Å²) in [5.41, 5.74) is 2.05. The van der Waals surface area contributed by atoms with E-state index < -0.39 is 0 Å². The van der Waals surface area contributed by atoms with Gasteiger partial charge in [0.2, 0.25) is 5.91 Å². The Morgan fingerprint density at radius 2 is 2.00 bits per heavy atom. The second-order valence-electron chi connectivity index (χ2n) is 4.65. The molecule has 1 amide bonds. The van der Waals surface area contributed by atoms with Crippen LogP contribution in [0, 0.1) is 13.8 Å². The maximum absolute atomic E-state index is 11.8. The summed E-state index contributed by atoms with van der Waals surface area (Å²) in [6.45, 7) is 4.70. The Labute approximate surface area is 128 Å². The van der Waals surface area contributed by atoms with E-state index in [-0.39, 0.29) is 5.91 Å². The maximum Gasteiger partial charge on any atom is 0.224 e. The van der Waals surface area contributed by atoms with E-state index in [0.717, 1.165) is 22.7 Å². The minimum absolute atomic E-state index is 0.0253. The molecule has 1 aromatic heterocycles. The number of carbonyl (C=O) groups is 1. The third kappa shape index (κ3) is 4.32. The molecule has 1 aromatic carbocycles. The molecule has 0 unspecified atom stereocenters. The van der Waals surface area contributed by atoms with Crippen molar-refractivity contribution in [2.75, 3.05) is 6.54 Å². The highest BCUT2D eigenvalue weighted by molar-refractivity contribution is 7.11. The lowest BCUT2D eigenvalue weighted by molar-refractivity contribution is -0.120. The molecule has 0 atom stereocenters. The van der Waals surface area contributed by atoms with Crippen molar-refractivity contribution in [1.29, 1.82) is 0 Å². The molecule has 0 saturated carbocycles. The minimum atomic E-state index is 0.0253. The second kappa shape index (κ2) is 6.86. The van der Waals surface area contributed by atoms with E-state index in [1.165, 1.54) is 4.88 Å². The Morgan fingerprint density at radius 3 is 2.60 bits per heavy atom. The van der Waals surface area contributed by atoms with Gasteiger partial charge in [-0.3, -0.25) is 4.79 Å². The minimum Gasteiger partial charge on any atom is -0.355 e. The van der Waals surface area contributed by atoms with Crippen molar-refractivity contribution in [2.24, 2.45) is 0 Å². The van der Waals surface area contributed by atoms with Crippen LogP contribution in [0.4, 0.5) is 0 Å². The van der Waals surface area contributed by atoms with Gasteiger partial charge < -0.3 is 5.32 Å². The van der Waals surface area contributed by atoms with Crippen LogP contribution >= 0.6 is 22.9 Å². The van der Waals surface area contributed by atoms with Gasteiger partial charge in [-0.25, -0.2) is 4.98 Å². The van der Waals surface area contributed by atoms with Crippen LogP contribution in [0.5, 0.6) is 0 Å². The number of nitrogens with zero attached hydrogens (tertiary/aromatic N) is 1. The number of nitrogens with one attached hydrogen (secondary N) is 1. The number of halogens is 1. The standard InChI is InChI=1S/C15H17ClN2OS/c1-10-11(2)20-15(18-10)7-8-17-14(19)9-12-3-5-13(16)6-4-12/h3-6H,7-9H2,1-2H3,(H,17,19). The number of thiazole rings is 1. The highest BCUT2D eigenvalue weighted by Gasteiger charge is 2.06. The molecule has 0 aliphatic carbocycles. The highest BCUT2D eigenvalue weighted by atomic mass is 35.5. The van der Waals surface area contributed by atoms with E-state index in [1.807, 2.05) is 19.1 Å². The lowest BCUT2D eigenvalue weighted by Crippen LogP contribution is -2.27. The van der Waals surface area contributed by atoms with Gasteiger partial charge in [0.25, 0.3) is 0 Å². The molecule has 0 saturated heterocycles. The largest absolute Gasteiger partial charge is 0.355 e. The van der Waals surface area contributed by atoms with Crippen molar-refractivity contribution in [3.05, 3.63) is 50.4 Å². The third-order valence-corrected chi connectivity index (χ3v) is 4.40. The van der Waals surface area contributed by atoms with E-state index in [9.17, 15) is 4.79 Å². The zero-order valence-electron chi connectivity index (χ0n) is 11.6. The van der Waals surface area contributed by atoms with Crippen molar-refractivity contribution < 1.29 is 4.79 Å². The molecule has 0 radical (unpaired) electrons. The summed E-state index contributed by atoms with van der Waals surface area (Å²) in [5.74, 6) is 0.0253. The summed E-state index contributed by atoms with van der Waals surface area (Å²) >= 11 is 7.50. The molecule has 0 aliphatic heterocycles. The number of aromatic nitrogens is 1. The lowest BCUT2D eigenvalue weighted by Gasteiger charge is -2.04. The Morgan fingerprint density at radius 1 is 1.30 bits per heavy atom. The lowest BCUT2D eigenvalue weighted by atomic mass is 10.1. The number of hydrogen-bond acceptors (Lipinski definition) is 3. The number of carbonyl (C=O) groups excluding carboxylic acids is 1. The van der Waals surface area contributed by atoms with Crippen molar-refractivity contribution in [3.8, 4) is 0 Å². The SMILES string of the molecule is Cc1nc(CCNC(=O)Cc2ccc(Cl)cc2)sc1C. The molecular formula is C15H17ClN2OS. The fourth-order valence-corrected chi connectivity index (χ4v) is 2.86. The van der Waals surface area contributed by atoms with Crippen LogP contribution in [0.2, 0.25) is 5.02 Å². The average Bonchev–Trinajstić information content (AvgIpc) is 2.71. The first-order chi connectivity index (χ1) is 9.54. The molecular weight excluding hydrogens is 292 g/mol. The first-order valence-corrected chi connectivity index (χ1v) is 7.68. The predicted molar refractivity (Wildman–Crippen MR) is 83.5 cm³/mol. The van der Waals surface area contributed by atoms with E-state index >= 15 is 0 Å². The Bertz CT molecular complexity index is 573. The van der Waals surface area contributed by atoms with Crippen molar-refractivity contribution >= 4 is 28.8 Å². The van der Waals surface area contributed by atoms with Gasteiger partial charge in [-0.2, -0.15) is 0 Å². The molecule has 106 valence electrons. The molecule has 0 bridgehead atoms. The average molecular weight is 309 g/mol. The van der Waals surface area contributed by atoms with Crippen molar-refractivity contribution in [1.82, 2.24) is 10.3 Å². The van der Waals surface area contributed by atoms with E-state index in [4.69, 9.17) is 11.6 Å². The highest BCUT2D eigenvalue weighted by Crippen LogP contribution is 2.16. The summed E-state index contributed by atoms with van der Waals surface area (Å²) < 4.78 is 0. The molecule has 0 aliphatic rings. The Balaban J connectivity index is 1.76. The number of aryl methyl sites for hydroxylation is 2. The fourth-order valence-electron chi connectivity index (χ4n) is 1.81. The van der Waals surface area contributed by atoms with Gasteiger partial charge in [-0.15, -0.1) is 11.3 Å². The van der Waals surface area contributed by atoms with E-state index in [2.05, 4.69) is 17.2 Å². The van der Waals surface area contributed by atoms with Crippen LogP contribution in [0.15, 0.2) is 24.3 Å². The molecule has 0 spiro atoms. The summed E-state index contributed by atoms with van der Waals surface area (Å²) in [7, 11) is 0. The number of benzene rings is 1. The summed E-state index contributed by atoms with van der Waals surface area (Å²) in [6, 6.07) is 7.33. The van der Waals surface area contributed by atoms with Crippen LogP contribution in [0.1, 0.15) is 21.1 Å². The number of hydrogen-bond donors (Lipinski definition) is 1. The molecule has 2 aromatic rings. The molecule has 1 N–H and O–H groups in total. The van der Waals surface area contributed by atoms with Crippen LogP contribution in [-0.2, 0) is 17.6 Å². The molecule has 3 nitrogen and oxygen atoms in total. The first kappa shape index (κ1) is 15.0. The smallest absolute Gasteiger partial charge is 0.224 e. The summed E-state index contributed by atoms with van der Waals surface area (Å²) in [5, 5.41) is 4.68. The van der Waals surface area contributed by atoms with Crippen LogP contribution < -0.4 is 5.32 Å². The number of rotatable bonds is 5. The van der Waals surface area contributed by atoms with Gasteiger partial charge >= 0.3 is 0 Å². The van der Waals surface area contributed by atoms with Gasteiger partial charge in [-0.1, -0.05) is 23.7 Å². The third-order valence-electron chi connectivity index (χ3n) is 3.01. The Hall–Kier alpha value is -1.39. The quantitative estimate of drug-likeness (QED) is 0.920. The maximum atomic E-state index is 11.8. The van der Waals surface area contributed by atoms with Gasteiger partial charge in [0, 0.05) is 22.9 Å². The monoisotopic (exact) mass is 308 g/mol. The molecule has 0 fully saturated rings. The van der Waals surface area contributed by atoms with Crippen LogP contribution in [0.3, 0.4) is 0 Å². The molecule has 20 heavy (non-hydrogen) atoms. The zero-order chi connectivity index (χ0) is 14.5. The van der Waals surface area contributed by atoms with E-state index in [1.54, 1.807) is 23.5 Å². The Kier molecular flexibility index (Phi) is 5.15. The molecule has 5 heteroatoms. The van der Waals surface area contributed by atoms with Crippen molar-refractivity contribution in [3.63, 3.8) is 0 Å². The van der Waals surface area contributed by atoms with Gasteiger partial charge in [0.15, 0.2) is 0 Å². The van der Waals surface area contributed by atoms with Crippen LogP contribution in [-0.4, -0.2) is 17.4 Å². The summed E-state index contributed by atoms with van der Waals surface area (Å²) in [6.07, 6.45) is 1.17. The molecule has 1 heterocycles. The topological polar surface area (TPSA) is 42.0 Å². The summed E-state index contributed by atoms with van der Waals surface area (Å²) in [4.78, 5) is 17.5. The predicted octanol–water partition coefficient (Wildman–Crippen LogP) is 3.31. The van der Waals surface area contributed by atoms with Gasteiger partial charge in [0.1, 0.15) is 0 Å². The fraction of sp³-hybridized carbons (Fsp3) is 0.333. The zero-order valence-corrected chi connectivity index (χ0v) is 13.1. The van der Waals surface area contributed by atoms with E-state index in [0.29, 0.717) is 18.0 Å². The van der Waals surface area contributed by atoms with Crippen molar-refractivity contribution in [2.45, 2.75) is 26.7 Å². The normalized spacial score (nSPS) is 10.6. The van der Waals surface area contributed by atoms with Gasteiger partial charge in [-0.05, 0) is 31.5 Å². The first-order valence-electron chi connectivity index (χ1n) is 6.48. The molecule has 2 rings (SSSR count).